The lowest BCUT2D eigenvalue weighted by Crippen LogP contribution is -2.43. The van der Waals surface area contributed by atoms with Gasteiger partial charge in [-0.05, 0) is 65.0 Å². The van der Waals surface area contributed by atoms with Crippen molar-refractivity contribution in [3.63, 3.8) is 0 Å². The van der Waals surface area contributed by atoms with E-state index in [1.807, 2.05) is 52.5 Å². The third kappa shape index (κ3) is 7.57. The van der Waals surface area contributed by atoms with E-state index in [-0.39, 0.29) is 23.8 Å². The average molecular weight is 610 g/mol. The van der Waals surface area contributed by atoms with Crippen molar-refractivity contribution in [2.75, 3.05) is 36.0 Å². The number of benzene rings is 1. The molecule has 238 valence electrons. The smallest absolute Gasteiger partial charge is 0.407 e. The molecule has 0 bridgehead atoms. The van der Waals surface area contributed by atoms with Crippen molar-refractivity contribution in [3.05, 3.63) is 53.4 Å². The number of nitrogens with one attached hydrogen (secondary N) is 1. The van der Waals surface area contributed by atoms with E-state index in [0.717, 1.165) is 37.3 Å². The molecule has 0 aliphatic carbocycles. The summed E-state index contributed by atoms with van der Waals surface area (Å²) in [5.41, 5.74) is 0.849. The van der Waals surface area contributed by atoms with E-state index in [1.54, 1.807) is 18.5 Å². The predicted octanol–water partition coefficient (Wildman–Crippen LogP) is 5.61. The molecule has 1 unspecified atom stereocenters. The van der Waals surface area contributed by atoms with E-state index in [2.05, 4.69) is 37.2 Å². The summed E-state index contributed by atoms with van der Waals surface area (Å²) in [6.07, 6.45) is 4.67. The summed E-state index contributed by atoms with van der Waals surface area (Å²) < 4.78 is 32.2. The van der Waals surface area contributed by atoms with Gasteiger partial charge in [-0.3, -0.25) is 0 Å². The molecule has 0 saturated carbocycles. The molecule has 1 N–H and O–H groups in total. The number of amides is 1. The van der Waals surface area contributed by atoms with Crippen molar-refractivity contribution in [1.29, 1.82) is 0 Å². The van der Waals surface area contributed by atoms with E-state index in [9.17, 15) is 9.18 Å². The number of carbonyl (C=O) groups excluding carboxylic acids is 1. The molecular weight excluding hydrogens is 565 g/mol. The Labute approximate surface area is 258 Å². The summed E-state index contributed by atoms with van der Waals surface area (Å²) >= 11 is 0. The number of aryl methyl sites for hydroxylation is 1. The van der Waals surface area contributed by atoms with Crippen LogP contribution in [-0.4, -0.2) is 70.1 Å². The van der Waals surface area contributed by atoms with Crippen molar-refractivity contribution in [3.8, 4) is 5.75 Å². The lowest BCUT2D eigenvalue weighted by atomic mass is 9.92. The van der Waals surface area contributed by atoms with Crippen LogP contribution in [0.3, 0.4) is 0 Å². The monoisotopic (exact) mass is 609 g/mol. The quantitative estimate of drug-likeness (QED) is 0.345. The summed E-state index contributed by atoms with van der Waals surface area (Å²) in [5.74, 6) is 1.78. The molecule has 4 heterocycles. The van der Waals surface area contributed by atoms with Crippen molar-refractivity contribution in [1.82, 2.24) is 25.4 Å². The second-order valence-corrected chi connectivity index (χ2v) is 13.2. The number of halogens is 1. The summed E-state index contributed by atoms with van der Waals surface area (Å²) in [5, 5.41) is 7.04. The van der Waals surface area contributed by atoms with Gasteiger partial charge in [-0.25, -0.2) is 19.2 Å². The number of ether oxygens (including phenoxy) is 2. The molecule has 12 heteroatoms. The Bertz CT molecular complexity index is 1420. The fraction of sp³-hybridized carbons (Fsp3) is 0.594. The van der Waals surface area contributed by atoms with Crippen LogP contribution >= 0.6 is 0 Å². The van der Waals surface area contributed by atoms with E-state index in [1.165, 1.54) is 6.07 Å². The SMILES string of the molecule is Cc1ccc(F)c([C@H]2CN(c3ncc(O[C@@H](C)C4CCN(c5nc(C(C)C)no5)CC4)cn3)CC2NC(=O)OC(C)(C)C)c1. The van der Waals surface area contributed by atoms with Crippen LogP contribution in [0.1, 0.15) is 83.2 Å². The zero-order chi connectivity index (χ0) is 31.6. The van der Waals surface area contributed by atoms with Crippen LogP contribution in [0.25, 0.3) is 0 Å². The van der Waals surface area contributed by atoms with E-state index >= 15 is 0 Å². The fourth-order valence-electron chi connectivity index (χ4n) is 5.83. The molecule has 44 heavy (non-hydrogen) atoms. The third-order valence-electron chi connectivity index (χ3n) is 8.21. The number of hydrogen-bond acceptors (Lipinski definition) is 10. The minimum absolute atomic E-state index is 0.0246. The van der Waals surface area contributed by atoms with Gasteiger partial charge in [-0.15, -0.1) is 0 Å². The van der Waals surface area contributed by atoms with Gasteiger partial charge in [0.2, 0.25) is 5.95 Å². The van der Waals surface area contributed by atoms with E-state index in [4.69, 9.17) is 14.0 Å². The summed E-state index contributed by atoms with van der Waals surface area (Å²) in [7, 11) is 0. The van der Waals surface area contributed by atoms with Crippen molar-refractivity contribution in [2.24, 2.45) is 5.92 Å². The molecule has 5 rings (SSSR count). The lowest BCUT2D eigenvalue weighted by molar-refractivity contribution is 0.0504. The highest BCUT2D eigenvalue weighted by atomic mass is 19.1. The molecule has 11 nitrogen and oxygen atoms in total. The standard InChI is InChI=1S/C32H44FN7O4/c1-19(2)28-37-30(44-38-28)39-12-10-22(11-13-39)21(4)42-23-15-34-29(35-16-23)40-17-25(24-14-20(3)8-9-26(24)33)27(18-40)36-31(41)43-32(5,6)7/h8-9,14-16,19,21-22,25,27H,10-13,17-18H2,1-7H3,(H,36,41)/t21-,25+,27?/m0/s1. The maximum atomic E-state index is 15.0. The number of carbonyl (C=O) groups is 1. The van der Waals surface area contributed by atoms with Gasteiger partial charge < -0.3 is 29.1 Å². The third-order valence-corrected chi connectivity index (χ3v) is 8.21. The van der Waals surface area contributed by atoms with E-state index in [0.29, 0.717) is 42.3 Å². The first-order valence-electron chi connectivity index (χ1n) is 15.4. The first-order chi connectivity index (χ1) is 20.9. The molecule has 2 saturated heterocycles. The summed E-state index contributed by atoms with van der Waals surface area (Å²) in [4.78, 5) is 30.5. The second kappa shape index (κ2) is 13.0. The topological polar surface area (TPSA) is 119 Å². The number of aromatic nitrogens is 4. The van der Waals surface area contributed by atoms with Gasteiger partial charge in [-0.2, -0.15) is 4.98 Å². The Morgan fingerprint density at radius 2 is 1.80 bits per heavy atom. The maximum absolute atomic E-state index is 15.0. The highest BCUT2D eigenvalue weighted by molar-refractivity contribution is 5.68. The first kappa shape index (κ1) is 31.5. The largest absolute Gasteiger partial charge is 0.487 e. The van der Waals surface area contributed by atoms with Crippen LogP contribution in [0, 0.1) is 18.7 Å². The van der Waals surface area contributed by atoms with Crippen molar-refractivity contribution < 1.29 is 23.2 Å². The second-order valence-electron chi connectivity index (χ2n) is 13.2. The molecule has 2 aliphatic heterocycles. The molecule has 0 radical (unpaired) electrons. The summed E-state index contributed by atoms with van der Waals surface area (Å²) in [6.45, 7) is 16.0. The normalized spacial score (nSPS) is 20.2. The number of rotatable bonds is 8. The molecular formula is C32H44FN7O4. The summed E-state index contributed by atoms with van der Waals surface area (Å²) in [6, 6.07) is 5.24. The van der Waals surface area contributed by atoms with Crippen LogP contribution in [0.4, 0.5) is 21.1 Å². The van der Waals surface area contributed by atoms with Gasteiger partial charge in [-0.1, -0.05) is 36.7 Å². The number of anilines is 2. The molecule has 1 aromatic carbocycles. The zero-order valence-corrected chi connectivity index (χ0v) is 26.7. The molecule has 2 fully saturated rings. The van der Waals surface area contributed by atoms with Crippen LogP contribution in [0.2, 0.25) is 0 Å². The molecule has 3 aromatic rings. The minimum atomic E-state index is -0.648. The van der Waals surface area contributed by atoms with Crippen LogP contribution < -0.4 is 19.9 Å². The molecule has 2 aliphatic rings. The van der Waals surface area contributed by atoms with Crippen LogP contribution in [-0.2, 0) is 4.74 Å². The number of hydrogen-bond donors (Lipinski definition) is 1. The minimum Gasteiger partial charge on any atom is -0.487 e. The van der Waals surface area contributed by atoms with Gasteiger partial charge in [0.1, 0.15) is 11.4 Å². The van der Waals surface area contributed by atoms with Crippen molar-refractivity contribution in [2.45, 2.75) is 90.9 Å². The Morgan fingerprint density at radius 3 is 2.43 bits per heavy atom. The molecule has 0 spiro atoms. The molecule has 3 atom stereocenters. The Hall–Kier alpha value is -3.96. The van der Waals surface area contributed by atoms with E-state index < -0.39 is 17.7 Å². The highest BCUT2D eigenvalue weighted by Crippen LogP contribution is 2.33. The van der Waals surface area contributed by atoms with Gasteiger partial charge in [0.15, 0.2) is 11.6 Å². The Balaban J connectivity index is 1.20. The van der Waals surface area contributed by atoms with Crippen LogP contribution in [0.15, 0.2) is 35.1 Å². The Kier molecular flexibility index (Phi) is 9.26. The number of nitrogens with zero attached hydrogens (tertiary/aromatic N) is 6. The van der Waals surface area contributed by atoms with Gasteiger partial charge in [0.25, 0.3) is 0 Å². The fourth-order valence-corrected chi connectivity index (χ4v) is 5.83. The van der Waals surface area contributed by atoms with Crippen LogP contribution in [0.5, 0.6) is 5.75 Å². The average Bonchev–Trinajstić information content (AvgIpc) is 3.62. The number of alkyl carbamates (subject to hydrolysis) is 1. The highest BCUT2D eigenvalue weighted by Gasteiger charge is 2.38. The Morgan fingerprint density at radius 1 is 1.09 bits per heavy atom. The van der Waals surface area contributed by atoms with Crippen molar-refractivity contribution >= 4 is 18.1 Å². The van der Waals surface area contributed by atoms with Gasteiger partial charge in [0, 0.05) is 38.0 Å². The van der Waals surface area contributed by atoms with Gasteiger partial charge >= 0.3 is 12.1 Å². The first-order valence-corrected chi connectivity index (χ1v) is 15.4. The molecule has 2 aromatic heterocycles. The number of piperidine rings is 1. The van der Waals surface area contributed by atoms with Gasteiger partial charge in [0.05, 0.1) is 24.5 Å². The predicted molar refractivity (Wildman–Crippen MR) is 165 cm³/mol. The zero-order valence-electron chi connectivity index (χ0n) is 26.7. The lowest BCUT2D eigenvalue weighted by Gasteiger charge is -2.33. The molecule has 1 amide bonds. The maximum Gasteiger partial charge on any atom is 0.407 e.